The van der Waals surface area contributed by atoms with Crippen LogP contribution in [-0.4, -0.2) is 18.0 Å². The van der Waals surface area contributed by atoms with Gasteiger partial charge in [0.05, 0.1) is 12.1 Å². The Morgan fingerprint density at radius 2 is 2.00 bits per heavy atom. The second kappa shape index (κ2) is 5.58. The largest absolute Gasteiger partial charge is 0.497 e. The molecule has 0 saturated carbocycles. The van der Waals surface area contributed by atoms with Crippen LogP contribution in [0, 0.1) is 0 Å². The van der Waals surface area contributed by atoms with E-state index in [1.165, 1.54) is 12.3 Å². The molecular formula is C13H11ClN2O3. The van der Waals surface area contributed by atoms with Gasteiger partial charge in [0.1, 0.15) is 11.3 Å². The molecule has 1 heterocycles. The fourth-order valence-electron chi connectivity index (χ4n) is 1.50. The molecule has 0 spiro atoms. The summed E-state index contributed by atoms with van der Waals surface area (Å²) in [7, 11) is 1.55. The molecule has 0 saturated heterocycles. The molecule has 0 bridgehead atoms. The van der Waals surface area contributed by atoms with Crippen LogP contribution in [0.5, 0.6) is 5.75 Å². The number of hydrogen-bond acceptors (Lipinski definition) is 3. The quantitative estimate of drug-likeness (QED) is 0.905. The van der Waals surface area contributed by atoms with Crippen LogP contribution < -0.4 is 15.6 Å². The molecule has 2 aromatic rings. The number of amides is 1. The minimum atomic E-state index is -0.520. The summed E-state index contributed by atoms with van der Waals surface area (Å²) in [5.41, 5.74) is 0.0314. The van der Waals surface area contributed by atoms with Crippen molar-refractivity contribution in [1.82, 2.24) is 4.98 Å². The Kier molecular flexibility index (Phi) is 3.87. The minimum absolute atomic E-state index is 0.0386. The lowest BCUT2D eigenvalue weighted by Crippen LogP contribution is -2.22. The Labute approximate surface area is 114 Å². The number of nitrogens with one attached hydrogen (secondary N) is 2. The van der Waals surface area contributed by atoms with Crippen LogP contribution in [0.3, 0.4) is 0 Å². The molecule has 5 nitrogen and oxygen atoms in total. The van der Waals surface area contributed by atoms with Crippen molar-refractivity contribution in [2.24, 2.45) is 0 Å². The highest BCUT2D eigenvalue weighted by atomic mass is 35.5. The smallest absolute Gasteiger partial charge is 0.261 e. The summed E-state index contributed by atoms with van der Waals surface area (Å²) in [6, 6.07) is 8.08. The lowest BCUT2D eigenvalue weighted by atomic mass is 10.2. The molecule has 1 aromatic heterocycles. The molecule has 0 aliphatic rings. The van der Waals surface area contributed by atoms with E-state index in [1.807, 2.05) is 0 Å². The van der Waals surface area contributed by atoms with Crippen molar-refractivity contribution in [3.8, 4) is 5.75 Å². The lowest BCUT2D eigenvalue weighted by Gasteiger charge is -2.06. The average Bonchev–Trinajstić information content (AvgIpc) is 2.42. The van der Waals surface area contributed by atoms with E-state index in [1.54, 1.807) is 31.4 Å². The lowest BCUT2D eigenvalue weighted by molar-refractivity contribution is 0.102. The van der Waals surface area contributed by atoms with Gasteiger partial charge in [-0.15, -0.1) is 0 Å². The summed E-state index contributed by atoms with van der Waals surface area (Å²) in [4.78, 5) is 25.8. The van der Waals surface area contributed by atoms with Crippen LogP contribution in [0.2, 0.25) is 5.02 Å². The normalized spacial score (nSPS) is 10.0. The Morgan fingerprint density at radius 3 is 2.63 bits per heavy atom. The maximum atomic E-state index is 11.9. The first-order chi connectivity index (χ1) is 9.10. The van der Waals surface area contributed by atoms with Crippen molar-refractivity contribution < 1.29 is 9.53 Å². The van der Waals surface area contributed by atoms with Gasteiger partial charge in [-0.2, -0.15) is 0 Å². The van der Waals surface area contributed by atoms with E-state index < -0.39 is 11.5 Å². The molecule has 98 valence electrons. The average molecular weight is 279 g/mol. The van der Waals surface area contributed by atoms with Gasteiger partial charge in [-0.1, -0.05) is 11.6 Å². The number of aromatic nitrogens is 1. The second-order valence-electron chi connectivity index (χ2n) is 3.74. The van der Waals surface area contributed by atoms with Gasteiger partial charge in [-0.3, -0.25) is 9.59 Å². The third-order valence-corrected chi connectivity index (χ3v) is 2.68. The number of halogens is 1. The minimum Gasteiger partial charge on any atom is -0.497 e. The molecule has 1 aromatic carbocycles. The van der Waals surface area contributed by atoms with E-state index in [4.69, 9.17) is 16.3 Å². The number of hydrogen-bond donors (Lipinski definition) is 2. The predicted octanol–water partition coefficient (Wildman–Crippen LogP) is 2.29. The Morgan fingerprint density at radius 1 is 1.32 bits per heavy atom. The maximum Gasteiger partial charge on any atom is 0.261 e. The van der Waals surface area contributed by atoms with E-state index in [2.05, 4.69) is 10.3 Å². The highest BCUT2D eigenvalue weighted by Crippen LogP contribution is 2.15. The number of pyridine rings is 1. The molecule has 1 amide bonds. The SMILES string of the molecule is COc1ccc(NC(=O)c2cc(Cl)c[nH]c2=O)cc1. The molecule has 6 heteroatoms. The van der Waals surface area contributed by atoms with Crippen molar-refractivity contribution in [2.75, 3.05) is 12.4 Å². The standard InChI is InChI=1S/C13H11ClN2O3/c1-19-10-4-2-9(3-5-10)16-13(18)11-6-8(14)7-15-12(11)17/h2-7H,1H3,(H,15,17)(H,16,18). The highest BCUT2D eigenvalue weighted by molar-refractivity contribution is 6.30. The molecule has 0 unspecified atom stereocenters. The maximum absolute atomic E-state index is 11.9. The third-order valence-electron chi connectivity index (χ3n) is 2.46. The fraction of sp³-hybridized carbons (Fsp3) is 0.0769. The van der Waals surface area contributed by atoms with Crippen molar-refractivity contribution in [1.29, 1.82) is 0 Å². The molecule has 0 aliphatic heterocycles. The van der Waals surface area contributed by atoms with Crippen LogP contribution in [0.4, 0.5) is 5.69 Å². The first-order valence-corrected chi connectivity index (χ1v) is 5.81. The number of methoxy groups -OCH3 is 1. The van der Waals surface area contributed by atoms with E-state index in [-0.39, 0.29) is 5.56 Å². The first kappa shape index (κ1) is 13.2. The highest BCUT2D eigenvalue weighted by Gasteiger charge is 2.11. The van der Waals surface area contributed by atoms with Crippen molar-refractivity contribution in [3.05, 3.63) is 57.5 Å². The van der Waals surface area contributed by atoms with Gasteiger partial charge >= 0.3 is 0 Å². The summed E-state index contributed by atoms with van der Waals surface area (Å²) in [5, 5.41) is 2.90. The Balaban J connectivity index is 2.20. The topological polar surface area (TPSA) is 71.2 Å². The molecular weight excluding hydrogens is 268 g/mol. The molecule has 0 radical (unpaired) electrons. The number of carbonyl (C=O) groups excluding carboxylic acids is 1. The van der Waals surface area contributed by atoms with Crippen LogP contribution in [0.1, 0.15) is 10.4 Å². The molecule has 0 aliphatic carbocycles. The third kappa shape index (κ3) is 3.14. The number of benzene rings is 1. The van der Waals surface area contributed by atoms with E-state index >= 15 is 0 Å². The van der Waals surface area contributed by atoms with Gasteiger partial charge < -0.3 is 15.0 Å². The first-order valence-electron chi connectivity index (χ1n) is 5.44. The summed E-state index contributed by atoms with van der Waals surface area (Å²) >= 11 is 5.74. The summed E-state index contributed by atoms with van der Waals surface area (Å²) < 4.78 is 5.01. The monoisotopic (exact) mass is 278 g/mol. The van der Waals surface area contributed by atoms with Crippen molar-refractivity contribution >= 4 is 23.2 Å². The molecule has 19 heavy (non-hydrogen) atoms. The van der Waals surface area contributed by atoms with Gasteiger partial charge in [0.25, 0.3) is 11.5 Å². The van der Waals surface area contributed by atoms with Gasteiger partial charge in [-0.05, 0) is 30.3 Å². The number of aromatic amines is 1. The molecule has 2 N–H and O–H groups in total. The summed E-state index contributed by atoms with van der Waals surface area (Å²) in [6.07, 6.45) is 1.33. The van der Waals surface area contributed by atoms with Gasteiger partial charge in [0, 0.05) is 11.9 Å². The summed E-state index contributed by atoms with van der Waals surface area (Å²) in [6.45, 7) is 0. The molecule has 2 rings (SSSR count). The molecule has 0 fully saturated rings. The Hall–Kier alpha value is -2.27. The summed E-state index contributed by atoms with van der Waals surface area (Å²) in [5.74, 6) is 0.160. The van der Waals surface area contributed by atoms with Crippen LogP contribution >= 0.6 is 11.6 Å². The van der Waals surface area contributed by atoms with Gasteiger partial charge in [0.15, 0.2) is 0 Å². The van der Waals surface area contributed by atoms with Crippen LogP contribution in [-0.2, 0) is 0 Å². The predicted molar refractivity (Wildman–Crippen MR) is 73.0 cm³/mol. The zero-order valence-electron chi connectivity index (χ0n) is 10.1. The van der Waals surface area contributed by atoms with Gasteiger partial charge in [0.2, 0.25) is 0 Å². The van der Waals surface area contributed by atoms with Gasteiger partial charge in [-0.25, -0.2) is 0 Å². The van der Waals surface area contributed by atoms with E-state index in [9.17, 15) is 9.59 Å². The number of anilines is 1. The van der Waals surface area contributed by atoms with E-state index in [0.29, 0.717) is 16.5 Å². The number of carbonyl (C=O) groups is 1. The zero-order valence-corrected chi connectivity index (χ0v) is 10.8. The molecule has 0 atom stereocenters. The van der Waals surface area contributed by atoms with Crippen molar-refractivity contribution in [3.63, 3.8) is 0 Å². The van der Waals surface area contributed by atoms with E-state index in [0.717, 1.165) is 0 Å². The van der Waals surface area contributed by atoms with Crippen LogP contribution in [0.15, 0.2) is 41.3 Å². The Bertz CT molecular complexity index is 650. The fourth-order valence-corrected chi connectivity index (χ4v) is 1.66. The van der Waals surface area contributed by atoms with Crippen molar-refractivity contribution in [2.45, 2.75) is 0 Å². The number of rotatable bonds is 3. The second-order valence-corrected chi connectivity index (χ2v) is 4.18. The zero-order chi connectivity index (χ0) is 13.8. The van der Waals surface area contributed by atoms with Crippen LogP contribution in [0.25, 0.3) is 0 Å². The number of H-pyrrole nitrogens is 1. The number of ether oxygens (including phenoxy) is 1.